The Morgan fingerprint density at radius 2 is 1.85 bits per heavy atom. The minimum absolute atomic E-state index is 0.0384. The molecule has 1 aromatic heterocycles. The summed E-state index contributed by atoms with van der Waals surface area (Å²) in [6, 6.07) is 7.03. The average molecular weight is 273 g/mol. The third kappa shape index (κ3) is 2.93. The van der Waals surface area contributed by atoms with E-state index in [-0.39, 0.29) is 11.4 Å². The molecular formula is C15H16FN3O. The van der Waals surface area contributed by atoms with Gasteiger partial charge < -0.3 is 10.6 Å². The van der Waals surface area contributed by atoms with Gasteiger partial charge in [-0.05, 0) is 43.2 Å². The van der Waals surface area contributed by atoms with Crippen LogP contribution in [0.3, 0.4) is 0 Å². The first-order chi connectivity index (χ1) is 9.51. The van der Waals surface area contributed by atoms with Crippen molar-refractivity contribution in [1.82, 2.24) is 4.98 Å². The first kappa shape index (κ1) is 14.0. The molecule has 0 aliphatic heterocycles. The van der Waals surface area contributed by atoms with Crippen molar-refractivity contribution in [3.63, 3.8) is 0 Å². The van der Waals surface area contributed by atoms with Gasteiger partial charge in [-0.3, -0.25) is 4.79 Å². The lowest BCUT2D eigenvalue weighted by Crippen LogP contribution is -2.15. The van der Waals surface area contributed by atoms with Crippen LogP contribution in [-0.2, 0) is 0 Å². The summed E-state index contributed by atoms with van der Waals surface area (Å²) in [6.45, 7) is 3.88. The Hall–Kier alpha value is -2.43. The summed E-state index contributed by atoms with van der Waals surface area (Å²) < 4.78 is 14.0. The Bertz CT molecular complexity index is 635. The number of hydrogen-bond acceptors (Lipinski definition) is 3. The van der Waals surface area contributed by atoms with Crippen LogP contribution in [0.2, 0.25) is 0 Å². The van der Waals surface area contributed by atoms with Crippen LogP contribution in [0.1, 0.15) is 21.5 Å². The molecule has 2 N–H and O–H groups in total. The molecule has 0 unspecified atom stereocenters. The van der Waals surface area contributed by atoms with Crippen molar-refractivity contribution in [2.45, 2.75) is 13.8 Å². The number of amides is 1. The van der Waals surface area contributed by atoms with E-state index >= 15 is 0 Å². The van der Waals surface area contributed by atoms with Crippen molar-refractivity contribution in [2.75, 3.05) is 17.7 Å². The predicted octanol–water partition coefficient (Wildman–Crippen LogP) is 3.13. The van der Waals surface area contributed by atoms with Gasteiger partial charge in [-0.1, -0.05) is 6.07 Å². The second kappa shape index (κ2) is 5.69. The molecule has 0 saturated carbocycles. The molecule has 4 nitrogen and oxygen atoms in total. The van der Waals surface area contributed by atoms with Crippen molar-refractivity contribution < 1.29 is 9.18 Å². The summed E-state index contributed by atoms with van der Waals surface area (Å²) in [7, 11) is 1.55. The minimum atomic E-state index is -0.656. The fraction of sp³-hybridized carbons (Fsp3) is 0.200. The van der Waals surface area contributed by atoms with Gasteiger partial charge in [0.2, 0.25) is 0 Å². The van der Waals surface area contributed by atoms with Crippen LogP contribution in [-0.4, -0.2) is 17.9 Å². The monoisotopic (exact) mass is 273 g/mol. The number of aryl methyl sites for hydroxylation is 2. The zero-order chi connectivity index (χ0) is 14.7. The normalized spacial score (nSPS) is 10.2. The highest BCUT2D eigenvalue weighted by atomic mass is 19.1. The van der Waals surface area contributed by atoms with E-state index in [4.69, 9.17) is 0 Å². The summed E-state index contributed by atoms with van der Waals surface area (Å²) >= 11 is 0. The van der Waals surface area contributed by atoms with E-state index in [0.29, 0.717) is 5.69 Å². The zero-order valence-corrected chi connectivity index (χ0v) is 11.6. The van der Waals surface area contributed by atoms with Gasteiger partial charge in [0, 0.05) is 18.9 Å². The summed E-state index contributed by atoms with van der Waals surface area (Å²) in [4.78, 5) is 15.9. The van der Waals surface area contributed by atoms with E-state index in [1.807, 2.05) is 32.0 Å². The Morgan fingerprint density at radius 1 is 1.20 bits per heavy atom. The van der Waals surface area contributed by atoms with Gasteiger partial charge in [0.1, 0.15) is 0 Å². The molecule has 0 saturated heterocycles. The SMILES string of the molecule is CNc1nccc(C(=O)Nc2cc(C)cc(C)c2)c1F. The van der Waals surface area contributed by atoms with Gasteiger partial charge in [0.15, 0.2) is 11.6 Å². The molecular weight excluding hydrogens is 257 g/mol. The average Bonchev–Trinajstić information content (AvgIpc) is 2.37. The molecule has 5 heteroatoms. The van der Waals surface area contributed by atoms with Crippen LogP contribution >= 0.6 is 0 Å². The van der Waals surface area contributed by atoms with Gasteiger partial charge in [-0.25, -0.2) is 9.37 Å². The number of benzene rings is 1. The van der Waals surface area contributed by atoms with Crippen molar-refractivity contribution >= 4 is 17.4 Å². The number of nitrogens with zero attached hydrogens (tertiary/aromatic N) is 1. The Balaban J connectivity index is 2.28. The number of aromatic nitrogens is 1. The highest BCUT2D eigenvalue weighted by Crippen LogP contribution is 2.18. The molecule has 1 amide bonds. The number of rotatable bonds is 3. The molecule has 0 radical (unpaired) electrons. The molecule has 104 valence electrons. The minimum Gasteiger partial charge on any atom is -0.371 e. The molecule has 0 spiro atoms. The molecule has 0 aliphatic carbocycles. The molecule has 1 aromatic carbocycles. The van der Waals surface area contributed by atoms with Crippen LogP contribution in [0.15, 0.2) is 30.5 Å². The smallest absolute Gasteiger partial charge is 0.258 e. The van der Waals surface area contributed by atoms with E-state index in [1.165, 1.54) is 12.3 Å². The number of nitrogens with one attached hydrogen (secondary N) is 2. The second-order valence-corrected chi connectivity index (χ2v) is 4.60. The van der Waals surface area contributed by atoms with E-state index < -0.39 is 11.7 Å². The molecule has 1 heterocycles. The van der Waals surface area contributed by atoms with Crippen LogP contribution in [0.25, 0.3) is 0 Å². The second-order valence-electron chi connectivity index (χ2n) is 4.60. The van der Waals surface area contributed by atoms with E-state index in [1.54, 1.807) is 7.05 Å². The third-order valence-corrected chi connectivity index (χ3v) is 2.85. The largest absolute Gasteiger partial charge is 0.371 e. The lowest BCUT2D eigenvalue weighted by Gasteiger charge is -2.09. The van der Waals surface area contributed by atoms with Gasteiger partial charge in [-0.15, -0.1) is 0 Å². The molecule has 2 aromatic rings. The zero-order valence-electron chi connectivity index (χ0n) is 11.6. The number of halogens is 1. The number of anilines is 2. The number of carbonyl (C=O) groups is 1. The standard InChI is InChI=1S/C15H16FN3O/c1-9-6-10(2)8-11(7-9)19-15(20)12-4-5-18-14(17-3)13(12)16/h4-8H,1-3H3,(H,17,18)(H,19,20). The third-order valence-electron chi connectivity index (χ3n) is 2.85. The van der Waals surface area contributed by atoms with Crippen LogP contribution in [0.4, 0.5) is 15.9 Å². The van der Waals surface area contributed by atoms with Crippen molar-refractivity contribution in [3.8, 4) is 0 Å². The maximum Gasteiger partial charge on any atom is 0.258 e. The molecule has 0 aliphatic rings. The number of carbonyl (C=O) groups excluding carboxylic acids is 1. The highest BCUT2D eigenvalue weighted by molar-refractivity contribution is 6.04. The van der Waals surface area contributed by atoms with Crippen LogP contribution < -0.4 is 10.6 Å². The van der Waals surface area contributed by atoms with Gasteiger partial charge in [-0.2, -0.15) is 0 Å². The summed E-state index contributed by atoms with van der Waals surface area (Å²) in [5.74, 6) is -1.10. The summed E-state index contributed by atoms with van der Waals surface area (Å²) in [5, 5.41) is 5.30. The van der Waals surface area contributed by atoms with Crippen molar-refractivity contribution in [1.29, 1.82) is 0 Å². The first-order valence-corrected chi connectivity index (χ1v) is 6.23. The molecule has 20 heavy (non-hydrogen) atoms. The summed E-state index contributed by atoms with van der Waals surface area (Å²) in [6.07, 6.45) is 1.39. The van der Waals surface area contributed by atoms with E-state index in [9.17, 15) is 9.18 Å². The summed E-state index contributed by atoms with van der Waals surface area (Å²) in [5.41, 5.74) is 2.68. The van der Waals surface area contributed by atoms with Crippen LogP contribution in [0.5, 0.6) is 0 Å². The van der Waals surface area contributed by atoms with Gasteiger partial charge >= 0.3 is 0 Å². The van der Waals surface area contributed by atoms with E-state index in [2.05, 4.69) is 15.6 Å². The highest BCUT2D eigenvalue weighted by Gasteiger charge is 2.15. The van der Waals surface area contributed by atoms with Gasteiger partial charge in [0.25, 0.3) is 5.91 Å². The quantitative estimate of drug-likeness (QED) is 0.903. The molecule has 0 bridgehead atoms. The lowest BCUT2D eigenvalue weighted by molar-refractivity contribution is 0.102. The van der Waals surface area contributed by atoms with Crippen molar-refractivity contribution in [2.24, 2.45) is 0 Å². The number of hydrogen-bond donors (Lipinski definition) is 2. The topological polar surface area (TPSA) is 54.0 Å². The van der Waals surface area contributed by atoms with Crippen molar-refractivity contribution in [3.05, 3.63) is 53.0 Å². The maximum atomic E-state index is 14.0. The van der Waals surface area contributed by atoms with Crippen LogP contribution in [0, 0.1) is 19.7 Å². The first-order valence-electron chi connectivity index (χ1n) is 6.23. The Morgan fingerprint density at radius 3 is 2.45 bits per heavy atom. The molecule has 2 rings (SSSR count). The Labute approximate surface area is 117 Å². The molecule has 0 atom stereocenters. The molecule has 0 fully saturated rings. The van der Waals surface area contributed by atoms with E-state index in [0.717, 1.165) is 11.1 Å². The Kier molecular flexibility index (Phi) is 3.98. The number of pyridine rings is 1. The fourth-order valence-electron chi connectivity index (χ4n) is 2.04. The van der Waals surface area contributed by atoms with Gasteiger partial charge in [0.05, 0.1) is 5.56 Å². The fourth-order valence-corrected chi connectivity index (χ4v) is 2.04. The predicted molar refractivity (Wildman–Crippen MR) is 77.6 cm³/mol. The lowest BCUT2D eigenvalue weighted by atomic mass is 10.1. The maximum absolute atomic E-state index is 14.0.